The molecule has 0 bridgehead atoms. The van der Waals surface area contributed by atoms with Crippen molar-refractivity contribution in [2.75, 3.05) is 0 Å². The third-order valence-electron chi connectivity index (χ3n) is 3.00. The molecule has 0 aliphatic heterocycles. The van der Waals surface area contributed by atoms with E-state index >= 15 is 0 Å². The highest BCUT2D eigenvalue weighted by molar-refractivity contribution is 5.93. The summed E-state index contributed by atoms with van der Waals surface area (Å²) in [5.41, 5.74) is 12.6. The van der Waals surface area contributed by atoms with Gasteiger partial charge in [-0.15, -0.1) is 0 Å². The van der Waals surface area contributed by atoms with E-state index in [9.17, 15) is 9.59 Å². The highest BCUT2D eigenvalue weighted by Crippen LogP contribution is 2.14. The number of benzene rings is 1. The van der Waals surface area contributed by atoms with Crippen LogP contribution in [0.15, 0.2) is 18.2 Å². The molecule has 0 saturated heterocycles. The maximum absolute atomic E-state index is 11.1. The second-order valence-corrected chi connectivity index (χ2v) is 5.39. The minimum atomic E-state index is -0.434. The molecule has 0 spiro atoms. The fourth-order valence-electron chi connectivity index (χ4n) is 1.88. The molecule has 0 fully saturated rings. The van der Waals surface area contributed by atoms with E-state index in [2.05, 4.69) is 5.32 Å². The molecule has 1 rings (SSSR count). The Morgan fingerprint density at radius 3 is 2.37 bits per heavy atom. The van der Waals surface area contributed by atoms with Gasteiger partial charge in [-0.1, -0.05) is 6.07 Å². The number of carbonyl (C=O) groups excluding carboxylic acids is 2. The first kappa shape index (κ1) is 15.2. The van der Waals surface area contributed by atoms with Crippen molar-refractivity contribution in [2.45, 2.75) is 39.3 Å². The number of nitrogens with one attached hydrogen (secondary N) is 1. The summed E-state index contributed by atoms with van der Waals surface area (Å²) in [5.74, 6) is -0.769. The lowest BCUT2D eigenvalue weighted by Gasteiger charge is -2.25. The number of hydrogen-bond acceptors (Lipinski definition) is 3. The molecule has 0 aromatic heterocycles. The topological polar surface area (TPSA) is 98.2 Å². The number of aryl methyl sites for hydroxylation is 1. The van der Waals surface area contributed by atoms with Gasteiger partial charge >= 0.3 is 0 Å². The Labute approximate surface area is 113 Å². The van der Waals surface area contributed by atoms with Gasteiger partial charge in [-0.2, -0.15) is 0 Å². The Morgan fingerprint density at radius 1 is 1.26 bits per heavy atom. The molecule has 1 aromatic carbocycles. The van der Waals surface area contributed by atoms with Gasteiger partial charge in [0.2, 0.25) is 11.8 Å². The average molecular weight is 263 g/mol. The maximum atomic E-state index is 11.1. The molecule has 0 aliphatic carbocycles. The van der Waals surface area contributed by atoms with E-state index < -0.39 is 5.91 Å². The lowest BCUT2D eigenvalue weighted by Crippen LogP contribution is -2.42. The second-order valence-electron chi connectivity index (χ2n) is 5.39. The van der Waals surface area contributed by atoms with Crippen molar-refractivity contribution in [3.05, 3.63) is 34.9 Å². The summed E-state index contributed by atoms with van der Waals surface area (Å²) in [4.78, 5) is 22.0. The molecule has 2 amide bonds. The standard InChI is InChI=1S/C14H21N3O2/c1-9-6-10(13(16)19)4-5-11(9)8-17-14(2,3)7-12(15)18/h4-6,17H,7-8H2,1-3H3,(H2,15,18)(H2,16,19). The first-order valence-corrected chi connectivity index (χ1v) is 6.14. The van der Waals surface area contributed by atoms with Gasteiger partial charge in [-0.3, -0.25) is 9.59 Å². The molecule has 1 aromatic rings. The van der Waals surface area contributed by atoms with E-state index in [1.165, 1.54) is 0 Å². The van der Waals surface area contributed by atoms with Crippen molar-refractivity contribution >= 4 is 11.8 Å². The van der Waals surface area contributed by atoms with Gasteiger partial charge in [0.1, 0.15) is 0 Å². The van der Waals surface area contributed by atoms with Crippen LogP contribution in [-0.4, -0.2) is 17.4 Å². The molecule has 0 heterocycles. The Kier molecular flexibility index (Phi) is 4.67. The molecule has 0 radical (unpaired) electrons. The van der Waals surface area contributed by atoms with Crippen LogP contribution in [0.4, 0.5) is 0 Å². The Bertz CT molecular complexity index is 495. The number of carbonyl (C=O) groups is 2. The smallest absolute Gasteiger partial charge is 0.248 e. The van der Waals surface area contributed by atoms with Gasteiger partial charge in [0.15, 0.2) is 0 Å². The number of hydrogen-bond donors (Lipinski definition) is 3. The summed E-state index contributed by atoms with van der Waals surface area (Å²) >= 11 is 0. The van der Waals surface area contributed by atoms with Gasteiger partial charge in [-0.25, -0.2) is 0 Å². The van der Waals surface area contributed by atoms with Gasteiger partial charge in [0, 0.05) is 24.1 Å². The van der Waals surface area contributed by atoms with E-state index in [1.807, 2.05) is 26.8 Å². The third-order valence-corrected chi connectivity index (χ3v) is 3.00. The van der Waals surface area contributed by atoms with Crippen LogP contribution >= 0.6 is 0 Å². The number of rotatable bonds is 6. The van der Waals surface area contributed by atoms with Crippen molar-refractivity contribution in [1.82, 2.24) is 5.32 Å². The predicted molar refractivity (Wildman–Crippen MR) is 74.4 cm³/mol. The molecule has 5 N–H and O–H groups in total. The van der Waals surface area contributed by atoms with Crippen molar-refractivity contribution in [1.29, 1.82) is 0 Å². The van der Waals surface area contributed by atoms with E-state index in [0.717, 1.165) is 11.1 Å². The van der Waals surface area contributed by atoms with Crippen LogP contribution in [0.2, 0.25) is 0 Å². The summed E-state index contributed by atoms with van der Waals surface area (Å²) < 4.78 is 0. The molecular formula is C14H21N3O2. The molecule has 0 saturated carbocycles. The lowest BCUT2D eigenvalue weighted by atomic mass is 9.98. The highest BCUT2D eigenvalue weighted by Gasteiger charge is 2.19. The zero-order valence-electron chi connectivity index (χ0n) is 11.6. The quantitative estimate of drug-likeness (QED) is 0.709. The third kappa shape index (κ3) is 4.71. The minimum absolute atomic E-state index is 0.269. The summed E-state index contributed by atoms with van der Waals surface area (Å²) in [6.07, 6.45) is 0.269. The Hall–Kier alpha value is -1.88. The number of nitrogens with two attached hydrogens (primary N) is 2. The van der Waals surface area contributed by atoms with Crippen LogP contribution in [0, 0.1) is 6.92 Å². The number of amides is 2. The monoisotopic (exact) mass is 263 g/mol. The van der Waals surface area contributed by atoms with Gasteiger partial charge in [0.05, 0.1) is 0 Å². The minimum Gasteiger partial charge on any atom is -0.370 e. The molecular weight excluding hydrogens is 242 g/mol. The number of primary amides is 2. The predicted octanol–water partition coefficient (Wildman–Crippen LogP) is 0.838. The lowest BCUT2D eigenvalue weighted by molar-refractivity contribution is -0.119. The van der Waals surface area contributed by atoms with Gasteiger partial charge in [0.25, 0.3) is 0 Å². The normalized spacial score (nSPS) is 11.3. The first-order chi connectivity index (χ1) is 8.71. The molecule has 0 unspecified atom stereocenters. The zero-order chi connectivity index (χ0) is 14.6. The molecule has 19 heavy (non-hydrogen) atoms. The van der Waals surface area contributed by atoms with Crippen LogP contribution in [0.3, 0.4) is 0 Å². The summed E-state index contributed by atoms with van der Waals surface area (Å²) in [6, 6.07) is 5.33. The van der Waals surface area contributed by atoms with Gasteiger partial charge < -0.3 is 16.8 Å². The molecule has 0 atom stereocenters. The highest BCUT2D eigenvalue weighted by atomic mass is 16.1. The van der Waals surface area contributed by atoms with E-state index in [1.54, 1.807) is 12.1 Å². The molecule has 5 heteroatoms. The SMILES string of the molecule is Cc1cc(C(N)=O)ccc1CNC(C)(C)CC(N)=O. The largest absolute Gasteiger partial charge is 0.370 e. The van der Waals surface area contributed by atoms with Crippen molar-refractivity contribution < 1.29 is 9.59 Å². The van der Waals surface area contributed by atoms with Crippen molar-refractivity contribution in [3.8, 4) is 0 Å². The molecule has 104 valence electrons. The summed E-state index contributed by atoms with van der Waals surface area (Å²) in [5, 5.41) is 3.28. The average Bonchev–Trinajstić information content (AvgIpc) is 2.25. The zero-order valence-corrected chi connectivity index (χ0v) is 11.6. The Morgan fingerprint density at radius 2 is 1.89 bits per heavy atom. The van der Waals surface area contributed by atoms with Crippen LogP contribution < -0.4 is 16.8 Å². The van der Waals surface area contributed by atoms with E-state index in [4.69, 9.17) is 11.5 Å². The van der Waals surface area contributed by atoms with Crippen LogP contribution in [-0.2, 0) is 11.3 Å². The van der Waals surface area contributed by atoms with Crippen molar-refractivity contribution in [3.63, 3.8) is 0 Å². The Balaban J connectivity index is 2.73. The van der Waals surface area contributed by atoms with Crippen LogP contribution in [0.5, 0.6) is 0 Å². The fourth-order valence-corrected chi connectivity index (χ4v) is 1.88. The summed E-state index contributed by atoms with van der Waals surface area (Å²) in [7, 11) is 0. The van der Waals surface area contributed by atoms with E-state index in [0.29, 0.717) is 12.1 Å². The van der Waals surface area contributed by atoms with Crippen LogP contribution in [0.25, 0.3) is 0 Å². The second kappa shape index (κ2) is 5.84. The van der Waals surface area contributed by atoms with Crippen molar-refractivity contribution in [2.24, 2.45) is 11.5 Å². The fraction of sp³-hybridized carbons (Fsp3) is 0.429. The van der Waals surface area contributed by atoms with Gasteiger partial charge in [-0.05, 0) is 44.0 Å². The van der Waals surface area contributed by atoms with E-state index in [-0.39, 0.29) is 17.9 Å². The summed E-state index contributed by atoms with van der Waals surface area (Å²) in [6.45, 7) is 6.37. The van der Waals surface area contributed by atoms with Crippen LogP contribution in [0.1, 0.15) is 41.8 Å². The first-order valence-electron chi connectivity index (χ1n) is 6.14. The maximum Gasteiger partial charge on any atom is 0.248 e. The molecule has 0 aliphatic rings. The molecule has 5 nitrogen and oxygen atoms in total.